The van der Waals surface area contributed by atoms with E-state index < -0.39 is 0 Å². The Morgan fingerprint density at radius 1 is 0.299 bits per heavy atom. The number of para-hydroxylation sites is 3. The van der Waals surface area contributed by atoms with Crippen LogP contribution in [0.15, 0.2) is 194 Å². The van der Waals surface area contributed by atoms with Gasteiger partial charge in [0.05, 0.1) is 0 Å². The molecule has 500 valence electrons. The number of benzene rings is 10. The van der Waals surface area contributed by atoms with Crippen LogP contribution < -0.4 is 14.7 Å². The summed E-state index contributed by atoms with van der Waals surface area (Å²) in [5.41, 5.74) is 35.2. The van der Waals surface area contributed by atoms with Crippen LogP contribution in [0.3, 0.4) is 0 Å². The highest BCUT2D eigenvalue weighted by molar-refractivity contribution is 5.89. The van der Waals surface area contributed by atoms with E-state index >= 15 is 0 Å². The summed E-state index contributed by atoms with van der Waals surface area (Å²) >= 11 is 0. The van der Waals surface area contributed by atoms with E-state index in [4.69, 9.17) is 0 Å². The summed E-state index contributed by atoms with van der Waals surface area (Å²) in [4.78, 5) is 7.51. The summed E-state index contributed by atoms with van der Waals surface area (Å²) in [6.07, 6.45) is 6.88. The minimum Gasteiger partial charge on any atom is -0.336 e. The Morgan fingerprint density at radius 3 is 1.01 bits per heavy atom. The van der Waals surface area contributed by atoms with E-state index in [0.717, 1.165) is 17.0 Å². The third kappa shape index (κ3) is 12.6. The van der Waals surface area contributed by atoms with E-state index in [0.29, 0.717) is 0 Å². The number of hydrogen-bond donors (Lipinski definition) is 0. The summed E-state index contributed by atoms with van der Waals surface area (Å²) in [7, 11) is 0. The molecule has 0 radical (unpaired) electrons. The summed E-state index contributed by atoms with van der Waals surface area (Å²) in [6.45, 7) is 48.0. The lowest BCUT2D eigenvalue weighted by Crippen LogP contribution is -2.38. The lowest BCUT2D eigenvalue weighted by molar-refractivity contribution is 0.443. The molecule has 0 unspecified atom stereocenters. The van der Waals surface area contributed by atoms with Crippen molar-refractivity contribution in [3.8, 4) is 44.5 Å². The Bertz CT molecular complexity index is 4620. The number of rotatable bonds is 8. The number of hydrogen-bond acceptors (Lipinski definition) is 3. The summed E-state index contributed by atoms with van der Waals surface area (Å²) in [5, 5.41) is 0. The van der Waals surface area contributed by atoms with Crippen LogP contribution in [0, 0.1) is 47.4 Å². The zero-order valence-corrected chi connectivity index (χ0v) is 62.3. The van der Waals surface area contributed by atoms with Crippen molar-refractivity contribution in [2.24, 2.45) is 0 Å². The number of anilines is 6. The highest BCUT2D eigenvalue weighted by atomic mass is 19.1. The van der Waals surface area contributed by atoms with Crippen molar-refractivity contribution < 1.29 is 4.39 Å². The Labute approximate surface area is 582 Å². The first-order chi connectivity index (χ1) is 45.7. The molecule has 0 N–H and O–H groups in total. The first kappa shape index (κ1) is 68.5. The van der Waals surface area contributed by atoms with Gasteiger partial charge in [-0.2, -0.15) is 0 Å². The summed E-state index contributed by atoms with van der Waals surface area (Å²) in [5.74, 6) is 0.575. The molecular weight excluding hydrogens is 1180 g/mol. The molecule has 0 saturated heterocycles. The second kappa shape index (κ2) is 25.4. The molecule has 0 heterocycles. The van der Waals surface area contributed by atoms with Gasteiger partial charge in [0.1, 0.15) is 5.82 Å². The van der Waals surface area contributed by atoms with Gasteiger partial charge in [-0.15, -0.1) is 0 Å². The van der Waals surface area contributed by atoms with Gasteiger partial charge in [-0.3, -0.25) is 0 Å². The Morgan fingerprint density at radius 2 is 0.629 bits per heavy atom. The molecule has 14 rings (SSSR count). The normalized spacial score (nSPS) is 15.3. The summed E-state index contributed by atoms with van der Waals surface area (Å²) in [6, 6.07) is 70.9. The zero-order valence-electron chi connectivity index (χ0n) is 62.3. The van der Waals surface area contributed by atoms with Crippen LogP contribution in [-0.4, -0.2) is 16.6 Å². The molecule has 97 heavy (non-hydrogen) atoms. The van der Waals surface area contributed by atoms with E-state index in [-0.39, 0.29) is 38.7 Å². The quantitative estimate of drug-likeness (QED) is 0.150. The maximum atomic E-state index is 14.0. The average Bonchev–Trinajstić information content (AvgIpc) is 1.59. The van der Waals surface area contributed by atoms with E-state index in [2.05, 4.69) is 336 Å². The Hall–Kier alpha value is -8.47. The lowest BCUT2D eigenvalue weighted by atomic mass is 9.78. The third-order valence-corrected chi connectivity index (χ3v) is 22.0. The minimum atomic E-state index is -0.232. The minimum absolute atomic E-state index is 0.00702. The zero-order chi connectivity index (χ0) is 69.6. The molecule has 10 aromatic rings. The number of halogens is 1. The first-order valence-electron chi connectivity index (χ1n) is 35.9. The van der Waals surface area contributed by atoms with Crippen LogP contribution >= 0.6 is 0 Å². The monoisotopic (exact) mass is 1280 g/mol. The van der Waals surface area contributed by atoms with Crippen LogP contribution in [0.1, 0.15) is 214 Å². The van der Waals surface area contributed by atoms with Gasteiger partial charge < -0.3 is 14.7 Å². The molecule has 0 spiro atoms. The molecule has 0 bridgehead atoms. The van der Waals surface area contributed by atoms with Crippen LogP contribution in [0.25, 0.3) is 44.5 Å². The fourth-order valence-electron chi connectivity index (χ4n) is 16.8. The second-order valence-corrected chi connectivity index (χ2v) is 33.3. The van der Waals surface area contributed by atoms with Crippen molar-refractivity contribution in [3.05, 3.63) is 272 Å². The van der Waals surface area contributed by atoms with Crippen molar-refractivity contribution in [2.75, 3.05) is 14.7 Å². The van der Waals surface area contributed by atoms with Crippen molar-refractivity contribution in [2.45, 2.75) is 216 Å². The van der Waals surface area contributed by atoms with Crippen LogP contribution in [0.2, 0.25) is 0 Å². The van der Waals surface area contributed by atoms with Crippen LogP contribution in [-0.2, 0) is 16.2 Å². The molecule has 4 aliphatic rings. The molecule has 0 aromatic heterocycles. The maximum absolute atomic E-state index is 14.0. The molecule has 0 atom stereocenters. The molecule has 1 saturated carbocycles. The second-order valence-electron chi connectivity index (χ2n) is 33.3. The fourth-order valence-corrected chi connectivity index (χ4v) is 16.8. The smallest absolute Gasteiger partial charge is 0.123 e. The largest absolute Gasteiger partial charge is 0.336 e. The van der Waals surface area contributed by atoms with Gasteiger partial charge in [0.25, 0.3) is 0 Å². The standard InChI is InChI=1S/C33H41N.C33H35N.C27H30FN/c2*1-22-13-11-12-16-30(22)34(32(3,4)5)31-21-29-27(19-23(31)2)26-18-17-25(20-28(26)33(29,6)7)24-14-9-8-10-15-24;1-17-10-8-9-11-24(17)29(26(3,4)5)25-16-23-21(14-18(25)2)20-13-12-19(28)15-22(20)27(23,6)7/h11-13,16-21,24H,8-10,14-15H2,1-7H3;8-21H,1-7H3;8-16H,1-7H3. The van der Waals surface area contributed by atoms with Crippen molar-refractivity contribution in [3.63, 3.8) is 0 Å². The molecule has 1 fully saturated rings. The highest BCUT2D eigenvalue weighted by Crippen LogP contribution is 2.56. The molecule has 0 aliphatic heterocycles. The van der Waals surface area contributed by atoms with Gasteiger partial charge in [-0.1, -0.05) is 182 Å². The number of fused-ring (bicyclic) bond motifs is 9. The molecule has 0 amide bonds. The highest BCUT2D eigenvalue weighted by Gasteiger charge is 2.42. The summed E-state index contributed by atoms with van der Waals surface area (Å²) < 4.78 is 14.0. The predicted molar refractivity (Wildman–Crippen MR) is 417 cm³/mol. The average molecular weight is 1280 g/mol. The van der Waals surface area contributed by atoms with Gasteiger partial charge >= 0.3 is 0 Å². The van der Waals surface area contributed by atoms with Crippen molar-refractivity contribution in [1.82, 2.24) is 0 Å². The van der Waals surface area contributed by atoms with Gasteiger partial charge in [-0.05, 0) is 312 Å². The number of aryl methyl sites for hydroxylation is 6. The molecule has 4 heteroatoms. The Balaban J connectivity index is 0.000000139. The van der Waals surface area contributed by atoms with Crippen LogP contribution in [0.4, 0.5) is 38.5 Å². The first-order valence-corrected chi connectivity index (χ1v) is 35.9. The van der Waals surface area contributed by atoms with Crippen molar-refractivity contribution >= 4 is 34.1 Å². The van der Waals surface area contributed by atoms with Gasteiger partial charge in [0.15, 0.2) is 0 Å². The van der Waals surface area contributed by atoms with E-state index in [1.807, 2.05) is 6.07 Å². The van der Waals surface area contributed by atoms with Crippen molar-refractivity contribution in [1.29, 1.82) is 0 Å². The maximum Gasteiger partial charge on any atom is 0.123 e. The lowest BCUT2D eigenvalue weighted by Gasteiger charge is -2.40. The molecule has 4 aliphatic carbocycles. The molecule has 10 aromatic carbocycles. The molecule has 3 nitrogen and oxygen atoms in total. The number of nitrogens with zero attached hydrogens (tertiary/aromatic N) is 3. The Kier molecular flexibility index (Phi) is 18.0. The third-order valence-electron chi connectivity index (χ3n) is 22.0. The van der Waals surface area contributed by atoms with Gasteiger partial charge in [0, 0.05) is 67.0 Å². The SMILES string of the molecule is Cc1ccccc1N(c1cc2c(cc1C)-c1ccc(-c3ccccc3)cc1C2(C)C)C(C)(C)C.Cc1ccccc1N(c1cc2c(cc1C)-c1ccc(C3CCCCC3)cc1C2(C)C)C(C)(C)C.Cc1ccccc1N(c1cc2c(cc1C)-c1ccc(F)cc1C2(C)C)C(C)(C)C. The van der Waals surface area contributed by atoms with E-state index in [9.17, 15) is 4.39 Å². The fraction of sp³-hybridized carbons (Fsp3) is 0.355. The van der Waals surface area contributed by atoms with E-state index in [1.54, 1.807) is 17.7 Å². The topological polar surface area (TPSA) is 9.72 Å². The molecular formula is C93H106FN3. The van der Waals surface area contributed by atoms with E-state index in [1.165, 1.54) is 166 Å². The predicted octanol–water partition coefficient (Wildman–Crippen LogP) is 26.5. The van der Waals surface area contributed by atoms with Gasteiger partial charge in [-0.25, -0.2) is 4.39 Å². The van der Waals surface area contributed by atoms with Crippen LogP contribution in [0.5, 0.6) is 0 Å². The van der Waals surface area contributed by atoms with Gasteiger partial charge in [0.2, 0.25) is 0 Å².